The van der Waals surface area contributed by atoms with Crippen LogP contribution < -0.4 is 0 Å². The zero-order chi connectivity index (χ0) is 18.3. The fourth-order valence-electron chi connectivity index (χ4n) is 4.77. The summed E-state index contributed by atoms with van der Waals surface area (Å²) in [5, 5.41) is 20.5. The predicted octanol–water partition coefficient (Wildman–Crippen LogP) is 3.14. The number of hydrogen-bond acceptors (Lipinski definition) is 3. The van der Waals surface area contributed by atoms with Crippen LogP contribution in [-0.2, 0) is 11.0 Å². The van der Waals surface area contributed by atoms with Crippen molar-refractivity contribution in [2.24, 2.45) is 0 Å². The van der Waals surface area contributed by atoms with Gasteiger partial charge < -0.3 is 9.67 Å². The molecule has 0 saturated heterocycles. The second kappa shape index (κ2) is 4.57. The molecule has 2 aliphatic rings. The van der Waals surface area contributed by atoms with Gasteiger partial charge in [-0.15, -0.1) is 0 Å². The minimum absolute atomic E-state index is 0.218. The molecule has 26 heavy (non-hydrogen) atoms. The minimum Gasteiger partial charge on any atom is -0.378 e. The molecule has 0 spiro atoms. The van der Waals surface area contributed by atoms with Gasteiger partial charge in [-0.25, -0.2) is 13.8 Å². The third-order valence-corrected chi connectivity index (χ3v) is 5.97. The molecule has 0 radical (unpaired) electrons. The maximum absolute atomic E-state index is 14.8. The molecule has 3 aromatic rings. The first-order chi connectivity index (χ1) is 12.4. The van der Waals surface area contributed by atoms with Crippen LogP contribution in [0.5, 0.6) is 0 Å². The zero-order valence-corrected chi connectivity index (χ0v) is 13.7. The Morgan fingerprint density at radius 2 is 2.00 bits per heavy atom. The Morgan fingerprint density at radius 1 is 1.19 bits per heavy atom. The standard InChI is InChI=1S/C20H13F2N3O/c1-19-15-7-12(21)3-5-14(15)20(19,26)17-9-24-10-25(17)18(19)13-4-2-11(8-23)6-16(13)22/h2-7,9-10,18,26H,1H3/t18?,19?,20-/m0/s1. The summed E-state index contributed by atoms with van der Waals surface area (Å²) >= 11 is 0. The van der Waals surface area contributed by atoms with Gasteiger partial charge in [0, 0.05) is 5.56 Å². The highest BCUT2D eigenvalue weighted by atomic mass is 19.1. The predicted molar refractivity (Wildman–Crippen MR) is 88.2 cm³/mol. The van der Waals surface area contributed by atoms with Crippen LogP contribution >= 0.6 is 0 Å². The van der Waals surface area contributed by atoms with Crippen LogP contribution in [-0.4, -0.2) is 14.7 Å². The molecule has 0 saturated carbocycles. The summed E-state index contributed by atoms with van der Waals surface area (Å²) in [7, 11) is 0. The monoisotopic (exact) mass is 349 g/mol. The molecule has 5 rings (SSSR count). The number of halogens is 2. The van der Waals surface area contributed by atoms with E-state index in [1.807, 2.05) is 13.0 Å². The number of fused-ring (bicyclic) bond motifs is 6. The highest BCUT2D eigenvalue weighted by Crippen LogP contribution is 2.68. The van der Waals surface area contributed by atoms with Crippen molar-refractivity contribution in [1.29, 1.82) is 5.26 Å². The first-order valence-electron chi connectivity index (χ1n) is 8.17. The van der Waals surface area contributed by atoms with E-state index in [-0.39, 0.29) is 5.56 Å². The molecule has 0 amide bonds. The van der Waals surface area contributed by atoms with Crippen LogP contribution in [0.15, 0.2) is 48.9 Å². The lowest BCUT2D eigenvalue weighted by atomic mass is 9.51. The van der Waals surface area contributed by atoms with Gasteiger partial charge in [-0.05, 0) is 42.3 Å². The van der Waals surface area contributed by atoms with E-state index in [2.05, 4.69) is 4.98 Å². The first kappa shape index (κ1) is 15.2. The van der Waals surface area contributed by atoms with Crippen molar-refractivity contribution in [2.75, 3.05) is 0 Å². The molecule has 4 nitrogen and oxygen atoms in total. The number of benzene rings is 2. The van der Waals surface area contributed by atoms with Crippen LogP contribution in [0.1, 0.15) is 40.9 Å². The van der Waals surface area contributed by atoms with Gasteiger partial charge in [0.05, 0.1) is 41.3 Å². The molecule has 1 N–H and O–H groups in total. The molecule has 2 unspecified atom stereocenters. The average Bonchev–Trinajstić information content (AvgIpc) is 3.16. The summed E-state index contributed by atoms with van der Waals surface area (Å²) in [6, 6.07) is 9.87. The SMILES string of the molecule is CC12c3cc(F)ccc3[C@]1(O)c1cncn1C2c1ccc(C#N)cc1F. The van der Waals surface area contributed by atoms with E-state index in [0.717, 1.165) is 0 Å². The third kappa shape index (κ3) is 1.45. The van der Waals surface area contributed by atoms with Gasteiger partial charge in [-0.3, -0.25) is 0 Å². The number of nitrogens with zero attached hydrogens (tertiary/aromatic N) is 3. The Morgan fingerprint density at radius 3 is 2.73 bits per heavy atom. The Hall–Kier alpha value is -3.04. The van der Waals surface area contributed by atoms with E-state index in [9.17, 15) is 13.9 Å². The Balaban J connectivity index is 1.81. The summed E-state index contributed by atoms with van der Waals surface area (Å²) in [6.07, 6.45) is 3.11. The van der Waals surface area contributed by atoms with Crippen LogP contribution in [0.3, 0.4) is 0 Å². The fraction of sp³-hybridized carbons (Fsp3) is 0.200. The fourth-order valence-corrected chi connectivity index (χ4v) is 4.77. The number of aliphatic hydroxyl groups is 1. The lowest BCUT2D eigenvalue weighted by molar-refractivity contribution is -0.0272. The normalized spacial score (nSPS) is 27.9. The second-order valence-electron chi connectivity index (χ2n) is 7.04. The van der Waals surface area contributed by atoms with E-state index in [1.165, 1.54) is 18.2 Å². The van der Waals surface area contributed by atoms with Crippen molar-refractivity contribution < 1.29 is 13.9 Å². The highest BCUT2D eigenvalue weighted by molar-refractivity contribution is 5.63. The van der Waals surface area contributed by atoms with E-state index < -0.39 is 28.7 Å². The summed E-state index contributed by atoms with van der Waals surface area (Å²) in [5.74, 6) is -0.940. The van der Waals surface area contributed by atoms with Crippen molar-refractivity contribution in [3.63, 3.8) is 0 Å². The topological polar surface area (TPSA) is 61.8 Å². The third-order valence-electron chi connectivity index (χ3n) is 5.97. The number of nitriles is 1. The molecular formula is C20H13F2N3O. The zero-order valence-electron chi connectivity index (χ0n) is 13.7. The summed E-state index contributed by atoms with van der Waals surface area (Å²) in [4.78, 5) is 4.12. The first-order valence-corrected chi connectivity index (χ1v) is 8.17. The molecule has 2 heterocycles. The van der Waals surface area contributed by atoms with E-state index >= 15 is 0 Å². The lowest BCUT2D eigenvalue weighted by Crippen LogP contribution is -2.56. The molecule has 2 aromatic carbocycles. The number of hydrogen-bond donors (Lipinski definition) is 1. The van der Waals surface area contributed by atoms with E-state index in [0.29, 0.717) is 22.4 Å². The largest absolute Gasteiger partial charge is 0.378 e. The number of rotatable bonds is 1. The van der Waals surface area contributed by atoms with Crippen molar-refractivity contribution in [3.05, 3.63) is 88.5 Å². The highest BCUT2D eigenvalue weighted by Gasteiger charge is 2.70. The quantitative estimate of drug-likeness (QED) is 0.734. The summed E-state index contributed by atoms with van der Waals surface area (Å²) in [5.41, 5.74) is 0.0343. The molecule has 3 atom stereocenters. The molecule has 1 aliphatic carbocycles. The molecule has 0 fully saturated rings. The molecule has 0 bridgehead atoms. The Labute approximate surface area is 148 Å². The van der Waals surface area contributed by atoms with Crippen molar-refractivity contribution in [2.45, 2.75) is 24.0 Å². The van der Waals surface area contributed by atoms with Gasteiger partial charge in [-0.1, -0.05) is 12.1 Å². The molecule has 1 aromatic heterocycles. The van der Waals surface area contributed by atoms with Gasteiger partial charge >= 0.3 is 0 Å². The second-order valence-corrected chi connectivity index (χ2v) is 7.04. The molecule has 128 valence electrons. The van der Waals surface area contributed by atoms with Crippen LogP contribution in [0.25, 0.3) is 0 Å². The maximum atomic E-state index is 14.8. The van der Waals surface area contributed by atoms with Gasteiger partial charge in [-0.2, -0.15) is 5.26 Å². The van der Waals surface area contributed by atoms with Gasteiger partial charge in [0.1, 0.15) is 17.2 Å². The van der Waals surface area contributed by atoms with Crippen LogP contribution in [0.2, 0.25) is 0 Å². The minimum atomic E-state index is -1.38. The van der Waals surface area contributed by atoms with Crippen molar-refractivity contribution in [3.8, 4) is 6.07 Å². The van der Waals surface area contributed by atoms with Gasteiger partial charge in [0.25, 0.3) is 0 Å². The Kier molecular flexibility index (Phi) is 2.68. The number of imidazole rings is 1. The van der Waals surface area contributed by atoms with Crippen LogP contribution in [0.4, 0.5) is 8.78 Å². The van der Waals surface area contributed by atoms with Crippen LogP contribution in [0, 0.1) is 23.0 Å². The Bertz CT molecular complexity index is 1130. The molecular weight excluding hydrogens is 336 g/mol. The van der Waals surface area contributed by atoms with E-state index in [1.54, 1.807) is 35.3 Å². The number of aromatic nitrogens is 2. The maximum Gasteiger partial charge on any atom is 0.143 e. The van der Waals surface area contributed by atoms with Gasteiger partial charge in [0.2, 0.25) is 0 Å². The average molecular weight is 349 g/mol. The lowest BCUT2D eigenvalue weighted by Gasteiger charge is -2.53. The van der Waals surface area contributed by atoms with Crippen molar-refractivity contribution in [1.82, 2.24) is 9.55 Å². The van der Waals surface area contributed by atoms with Gasteiger partial charge in [0.15, 0.2) is 0 Å². The summed E-state index contributed by atoms with van der Waals surface area (Å²) < 4.78 is 30.4. The van der Waals surface area contributed by atoms with E-state index in [4.69, 9.17) is 5.26 Å². The molecule has 6 heteroatoms. The molecule has 1 aliphatic heterocycles. The summed E-state index contributed by atoms with van der Waals surface area (Å²) in [6.45, 7) is 1.81. The smallest absolute Gasteiger partial charge is 0.143 e. The van der Waals surface area contributed by atoms with Crippen molar-refractivity contribution >= 4 is 0 Å².